The van der Waals surface area contributed by atoms with E-state index in [1.165, 1.54) is 11.0 Å². The SMILES string of the molecule is Cc1ccc(C2C(C(=O)/C=C/c3ccccc3)=C(O)C(=O)N2CCN(C)C)o1. The summed E-state index contributed by atoms with van der Waals surface area (Å²) in [6, 6.07) is 12.2. The number of carbonyl (C=O) groups is 2. The van der Waals surface area contributed by atoms with Crippen molar-refractivity contribution in [3.63, 3.8) is 0 Å². The maximum Gasteiger partial charge on any atom is 0.290 e. The Hall–Kier alpha value is -3.12. The fourth-order valence-electron chi connectivity index (χ4n) is 3.17. The molecule has 2 heterocycles. The number of hydrogen-bond acceptors (Lipinski definition) is 5. The van der Waals surface area contributed by atoms with Crippen LogP contribution in [-0.4, -0.2) is 53.8 Å². The first-order valence-electron chi connectivity index (χ1n) is 9.11. The van der Waals surface area contributed by atoms with Crippen molar-refractivity contribution in [3.8, 4) is 0 Å². The largest absolute Gasteiger partial charge is 0.503 e. The van der Waals surface area contributed by atoms with E-state index in [4.69, 9.17) is 4.42 Å². The van der Waals surface area contributed by atoms with Gasteiger partial charge in [0.1, 0.15) is 17.6 Å². The fourth-order valence-corrected chi connectivity index (χ4v) is 3.17. The van der Waals surface area contributed by atoms with Crippen LogP contribution < -0.4 is 0 Å². The van der Waals surface area contributed by atoms with Crippen LogP contribution in [0.15, 0.2) is 64.3 Å². The monoisotopic (exact) mass is 380 g/mol. The number of aliphatic hydroxyl groups is 1. The number of likely N-dealkylation sites (N-methyl/N-ethyl adjacent to an activating group) is 1. The van der Waals surface area contributed by atoms with Crippen LogP contribution in [0.3, 0.4) is 0 Å². The summed E-state index contributed by atoms with van der Waals surface area (Å²) in [4.78, 5) is 29.0. The Morgan fingerprint density at radius 3 is 2.54 bits per heavy atom. The molecule has 0 radical (unpaired) electrons. The lowest BCUT2D eigenvalue weighted by molar-refractivity contribution is -0.129. The predicted molar refractivity (Wildman–Crippen MR) is 107 cm³/mol. The Kier molecular flexibility index (Phi) is 5.80. The highest BCUT2D eigenvalue weighted by Gasteiger charge is 2.44. The molecule has 2 aromatic rings. The number of allylic oxidation sites excluding steroid dienone is 1. The molecule has 1 unspecified atom stereocenters. The lowest BCUT2D eigenvalue weighted by atomic mass is 10.0. The van der Waals surface area contributed by atoms with Gasteiger partial charge in [-0.15, -0.1) is 0 Å². The molecule has 1 amide bonds. The van der Waals surface area contributed by atoms with Crippen molar-refractivity contribution in [1.82, 2.24) is 9.80 Å². The van der Waals surface area contributed by atoms with E-state index in [0.29, 0.717) is 24.6 Å². The van der Waals surface area contributed by atoms with E-state index in [1.54, 1.807) is 25.1 Å². The number of hydrogen-bond donors (Lipinski definition) is 1. The van der Waals surface area contributed by atoms with Gasteiger partial charge in [-0.1, -0.05) is 36.4 Å². The number of ketones is 1. The number of furan rings is 1. The molecule has 0 fully saturated rings. The molecule has 0 bridgehead atoms. The van der Waals surface area contributed by atoms with Crippen molar-refractivity contribution < 1.29 is 19.1 Å². The molecule has 28 heavy (non-hydrogen) atoms. The van der Waals surface area contributed by atoms with Gasteiger partial charge in [-0.25, -0.2) is 0 Å². The molecule has 1 N–H and O–H groups in total. The van der Waals surface area contributed by atoms with Gasteiger partial charge in [0, 0.05) is 13.1 Å². The third kappa shape index (κ3) is 4.07. The summed E-state index contributed by atoms with van der Waals surface area (Å²) in [7, 11) is 3.79. The standard InChI is InChI=1S/C22H24N2O4/c1-15-9-12-18(28-15)20-19(17(25)11-10-16-7-5-4-6-8-16)21(26)22(27)24(20)14-13-23(2)3/h4-12,20,26H,13-14H2,1-3H3/b11-10+. The smallest absolute Gasteiger partial charge is 0.290 e. The van der Waals surface area contributed by atoms with E-state index < -0.39 is 23.5 Å². The fraction of sp³-hybridized carbons (Fsp3) is 0.273. The van der Waals surface area contributed by atoms with Gasteiger partial charge in [-0.3, -0.25) is 9.59 Å². The zero-order valence-electron chi connectivity index (χ0n) is 16.3. The Morgan fingerprint density at radius 2 is 1.93 bits per heavy atom. The zero-order valence-corrected chi connectivity index (χ0v) is 16.3. The summed E-state index contributed by atoms with van der Waals surface area (Å²) in [5, 5.41) is 10.5. The summed E-state index contributed by atoms with van der Waals surface area (Å²) < 4.78 is 5.72. The third-order valence-electron chi connectivity index (χ3n) is 4.61. The quantitative estimate of drug-likeness (QED) is 0.747. The number of nitrogens with zero attached hydrogens (tertiary/aromatic N) is 2. The van der Waals surface area contributed by atoms with Crippen LogP contribution in [0.4, 0.5) is 0 Å². The molecule has 3 rings (SSSR count). The van der Waals surface area contributed by atoms with Crippen LogP contribution in [0.1, 0.15) is 23.1 Å². The molecule has 6 heteroatoms. The van der Waals surface area contributed by atoms with Crippen LogP contribution in [0.2, 0.25) is 0 Å². The van der Waals surface area contributed by atoms with Crippen molar-refractivity contribution in [1.29, 1.82) is 0 Å². The molecule has 1 aromatic carbocycles. The molecular formula is C22H24N2O4. The van der Waals surface area contributed by atoms with Gasteiger partial charge in [0.05, 0.1) is 5.57 Å². The maximum atomic E-state index is 12.9. The van der Waals surface area contributed by atoms with Crippen LogP contribution in [0, 0.1) is 6.92 Å². The predicted octanol–water partition coefficient (Wildman–Crippen LogP) is 3.13. The summed E-state index contributed by atoms with van der Waals surface area (Å²) in [5.74, 6) is -0.350. The molecular weight excluding hydrogens is 356 g/mol. The first-order valence-corrected chi connectivity index (χ1v) is 9.11. The third-order valence-corrected chi connectivity index (χ3v) is 4.61. The Balaban J connectivity index is 1.94. The number of benzene rings is 1. The van der Waals surface area contributed by atoms with E-state index in [-0.39, 0.29) is 5.57 Å². The van der Waals surface area contributed by atoms with Gasteiger partial charge >= 0.3 is 0 Å². The molecule has 1 aliphatic rings. The molecule has 1 atom stereocenters. The first-order chi connectivity index (χ1) is 13.4. The van der Waals surface area contributed by atoms with Crippen molar-refractivity contribution in [3.05, 3.63) is 77.0 Å². The van der Waals surface area contributed by atoms with Gasteiger partial charge in [0.2, 0.25) is 0 Å². The summed E-state index contributed by atoms with van der Waals surface area (Å²) >= 11 is 0. The number of aliphatic hydroxyl groups excluding tert-OH is 1. The lowest BCUT2D eigenvalue weighted by Gasteiger charge is -2.26. The first kappa shape index (κ1) is 19.6. The molecule has 146 valence electrons. The second-order valence-electron chi connectivity index (χ2n) is 7.02. The Morgan fingerprint density at radius 1 is 1.21 bits per heavy atom. The second-order valence-corrected chi connectivity index (χ2v) is 7.02. The van der Waals surface area contributed by atoms with Crippen LogP contribution in [-0.2, 0) is 9.59 Å². The summed E-state index contributed by atoms with van der Waals surface area (Å²) in [5.41, 5.74) is 0.903. The summed E-state index contributed by atoms with van der Waals surface area (Å²) in [6.07, 6.45) is 3.05. The van der Waals surface area contributed by atoms with Crippen molar-refractivity contribution in [2.75, 3.05) is 27.2 Å². The van der Waals surface area contributed by atoms with Crippen LogP contribution in [0.5, 0.6) is 0 Å². The van der Waals surface area contributed by atoms with Gasteiger partial charge in [0.25, 0.3) is 5.91 Å². The molecule has 1 aliphatic heterocycles. The van der Waals surface area contributed by atoms with E-state index in [2.05, 4.69) is 0 Å². The van der Waals surface area contributed by atoms with Gasteiger partial charge in [0.15, 0.2) is 11.5 Å². The number of amides is 1. The Labute approximate surface area is 164 Å². The van der Waals surface area contributed by atoms with E-state index in [9.17, 15) is 14.7 Å². The highest BCUT2D eigenvalue weighted by Crippen LogP contribution is 2.38. The molecule has 6 nitrogen and oxygen atoms in total. The topological polar surface area (TPSA) is 74.0 Å². The zero-order chi connectivity index (χ0) is 20.3. The summed E-state index contributed by atoms with van der Waals surface area (Å²) in [6.45, 7) is 2.75. The molecule has 1 aromatic heterocycles. The molecule has 0 saturated carbocycles. The van der Waals surface area contributed by atoms with Crippen molar-refractivity contribution >= 4 is 17.8 Å². The maximum absolute atomic E-state index is 12.9. The van der Waals surface area contributed by atoms with Gasteiger partial charge < -0.3 is 19.3 Å². The Bertz CT molecular complexity index is 925. The minimum absolute atomic E-state index is 0.0466. The second kappa shape index (κ2) is 8.27. The van der Waals surface area contributed by atoms with E-state index in [1.807, 2.05) is 49.3 Å². The normalized spacial score (nSPS) is 17.4. The van der Waals surface area contributed by atoms with E-state index in [0.717, 1.165) is 5.56 Å². The minimum Gasteiger partial charge on any atom is -0.503 e. The minimum atomic E-state index is -0.742. The van der Waals surface area contributed by atoms with Crippen LogP contribution >= 0.6 is 0 Å². The number of rotatable bonds is 7. The van der Waals surface area contributed by atoms with Crippen LogP contribution in [0.25, 0.3) is 6.08 Å². The average molecular weight is 380 g/mol. The molecule has 0 aliphatic carbocycles. The van der Waals surface area contributed by atoms with Gasteiger partial charge in [-0.2, -0.15) is 0 Å². The number of carbonyl (C=O) groups excluding carboxylic acids is 2. The van der Waals surface area contributed by atoms with Crippen molar-refractivity contribution in [2.24, 2.45) is 0 Å². The van der Waals surface area contributed by atoms with Crippen molar-refractivity contribution in [2.45, 2.75) is 13.0 Å². The lowest BCUT2D eigenvalue weighted by Crippen LogP contribution is -2.36. The molecule has 0 saturated heterocycles. The molecule has 0 spiro atoms. The van der Waals surface area contributed by atoms with Gasteiger partial charge in [-0.05, 0) is 44.8 Å². The van der Waals surface area contributed by atoms with E-state index >= 15 is 0 Å². The highest BCUT2D eigenvalue weighted by atomic mass is 16.3. The highest BCUT2D eigenvalue weighted by molar-refractivity contribution is 6.14. The average Bonchev–Trinajstić information content (AvgIpc) is 3.20. The number of aryl methyl sites for hydroxylation is 1.